The molecule has 1 aromatic rings. The van der Waals surface area contributed by atoms with Gasteiger partial charge in [0.25, 0.3) is 0 Å². The molecule has 1 N–H and O–H groups in total. The minimum atomic E-state index is -0.895. The molecule has 0 spiro atoms. The number of benzene rings is 1. The van der Waals surface area contributed by atoms with Gasteiger partial charge >= 0.3 is 5.97 Å². The Morgan fingerprint density at radius 3 is 2.04 bits per heavy atom. The van der Waals surface area contributed by atoms with E-state index >= 15 is 0 Å². The number of hydrogen-bond donors (Lipinski definition) is 1. The molecule has 27 heavy (non-hydrogen) atoms. The van der Waals surface area contributed by atoms with Crippen LogP contribution in [-0.4, -0.2) is 17.7 Å². The Hall–Kier alpha value is -1.51. The van der Waals surface area contributed by atoms with Crippen molar-refractivity contribution in [3.05, 3.63) is 29.8 Å². The first kappa shape index (κ1) is 21.8. The van der Waals surface area contributed by atoms with Crippen LogP contribution in [0.15, 0.2) is 24.3 Å². The standard InChI is InChI=1S/C24H38O3/c1-2-3-4-5-6-7-9-20-11-13-21(14-12-20)10-8-19-27-23-17-15-22(16-18-23)24(25)26/h15-18,20-21H,2-14,19H2,1H3,(H,25,26)/t20-,21-. The highest BCUT2D eigenvalue weighted by Gasteiger charge is 2.20. The Morgan fingerprint density at radius 2 is 1.44 bits per heavy atom. The maximum Gasteiger partial charge on any atom is 0.335 e. The van der Waals surface area contributed by atoms with Crippen molar-refractivity contribution in [3.63, 3.8) is 0 Å². The van der Waals surface area contributed by atoms with Gasteiger partial charge in [0.2, 0.25) is 0 Å². The lowest BCUT2D eigenvalue weighted by atomic mass is 9.78. The average Bonchev–Trinajstić information content (AvgIpc) is 2.69. The van der Waals surface area contributed by atoms with Gasteiger partial charge in [-0.15, -0.1) is 0 Å². The molecule has 1 aromatic carbocycles. The van der Waals surface area contributed by atoms with E-state index in [4.69, 9.17) is 9.84 Å². The zero-order valence-electron chi connectivity index (χ0n) is 17.1. The first-order valence-electron chi connectivity index (χ1n) is 11.1. The van der Waals surface area contributed by atoms with Gasteiger partial charge in [0.1, 0.15) is 5.75 Å². The van der Waals surface area contributed by atoms with Gasteiger partial charge in [0.15, 0.2) is 0 Å². The molecule has 0 saturated heterocycles. The predicted octanol–water partition coefficient (Wildman–Crippen LogP) is 7.10. The van der Waals surface area contributed by atoms with Crippen molar-refractivity contribution < 1.29 is 14.6 Å². The molecule has 2 rings (SSSR count). The van der Waals surface area contributed by atoms with Gasteiger partial charge in [-0.05, 0) is 48.9 Å². The lowest BCUT2D eigenvalue weighted by Gasteiger charge is -2.28. The van der Waals surface area contributed by atoms with E-state index in [9.17, 15) is 4.79 Å². The fraction of sp³-hybridized carbons (Fsp3) is 0.708. The van der Waals surface area contributed by atoms with Crippen LogP contribution >= 0.6 is 0 Å². The Bertz CT molecular complexity index is 515. The molecule has 0 bridgehead atoms. The van der Waals surface area contributed by atoms with Crippen molar-refractivity contribution in [2.24, 2.45) is 11.8 Å². The van der Waals surface area contributed by atoms with Crippen LogP contribution in [0.4, 0.5) is 0 Å². The fourth-order valence-electron chi connectivity index (χ4n) is 4.28. The SMILES string of the molecule is CCCCCCCC[C@H]1CC[C@H](CCCOc2ccc(C(=O)O)cc2)CC1. The number of hydrogen-bond acceptors (Lipinski definition) is 2. The minimum absolute atomic E-state index is 0.306. The Labute approximate surface area is 165 Å². The summed E-state index contributed by atoms with van der Waals surface area (Å²) in [7, 11) is 0. The lowest BCUT2D eigenvalue weighted by molar-refractivity contribution is 0.0697. The summed E-state index contributed by atoms with van der Waals surface area (Å²) in [5, 5.41) is 8.90. The zero-order chi connectivity index (χ0) is 19.3. The first-order chi connectivity index (χ1) is 13.2. The second-order valence-electron chi connectivity index (χ2n) is 8.26. The maximum absolute atomic E-state index is 10.8. The van der Waals surface area contributed by atoms with Crippen LogP contribution < -0.4 is 4.74 Å². The average molecular weight is 375 g/mol. The molecule has 1 saturated carbocycles. The number of carboxylic acids is 1. The van der Waals surface area contributed by atoms with Gasteiger partial charge in [-0.2, -0.15) is 0 Å². The number of aromatic carboxylic acids is 1. The van der Waals surface area contributed by atoms with E-state index < -0.39 is 5.97 Å². The number of rotatable bonds is 13. The minimum Gasteiger partial charge on any atom is -0.494 e. The second kappa shape index (κ2) is 12.8. The second-order valence-corrected chi connectivity index (χ2v) is 8.26. The number of unbranched alkanes of at least 4 members (excludes halogenated alkanes) is 5. The molecule has 1 aliphatic carbocycles. The van der Waals surface area contributed by atoms with Crippen molar-refractivity contribution in [2.45, 2.75) is 90.4 Å². The number of ether oxygens (including phenoxy) is 1. The van der Waals surface area contributed by atoms with Crippen LogP contribution in [0.2, 0.25) is 0 Å². The van der Waals surface area contributed by atoms with Crippen LogP contribution in [0, 0.1) is 11.8 Å². The third kappa shape index (κ3) is 8.81. The van der Waals surface area contributed by atoms with E-state index in [-0.39, 0.29) is 0 Å². The van der Waals surface area contributed by atoms with Crippen molar-refractivity contribution in [1.29, 1.82) is 0 Å². The summed E-state index contributed by atoms with van der Waals surface area (Å²) in [4.78, 5) is 10.8. The summed E-state index contributed by atoms with van der Waals surface area (Å²) in [5.74, 6) is 1.73. The molecule has 1 fully saturated rings. The van der Waals surface area contributed by atoms with Crippen LogP contribution in [-0.2, 0) is 0 Å². The van der Waals surface area contributed by atoms with Gasteiger partial charge < -0.3 is 9.84 Å². The molecule has 152 valence electrons. The van der Waals surface area contributed by atoms with Crippen molar-refractivity contribution in [2.75, 3.05) is 6.61 Å². The summed E-state index contributed by atoms with van der Waals surface area (Å²) in [6, 6.07) is 6.69. The monoisotopic (exact) mass is 374 g/mol. The van der Waals surface area contributed by atoms with E-state index in [0.29, 0.717) is 5.56 Å². The van der Waals surface area contributed by atoms with Gasteiger partial charge in [-0.25, -0.2) is 4.79 Å². The third-order valence-corrected chi connectivity index (χ3v) is 6.06. The molecule has 0 amide bonds. The summed E-state index contributed by atoms with van der Waals surface area (Å²) in [5.41, 5.74) is 0.306. The molecule has 0 aromatic heterocycles. The largest absolute Gasteiger partial charge is 0.494 e. The molecule has 0 radical (unpaired) electrons. The fourth-order valence-corrected chi connectivity index (χ4v) is 4.28. The predicted molar refractivity (Wildman–Crippen MR) is 112 cm³/mol. The Morgan fingerprint density at radius 1 is 0.889 bits per heavy atom. The molecular weight excluding hydrogens is 336 g/mol. The smallest absolute Gasteiger partial charge is 0.335 e. The van der Waals surface area contributed by atoms with Crippen LogP contribution in [0.25, 0.3) is 0 Å². The molecule has 0 aliphatic heterocycles. The van der Waals surface area contributed by atoms with E-state index in [0.717, 1.165) is 30.6 Å². The van der Waals surface area contributed by atoms with E-state index in [1.807, 2.05) is 0 Å². The lowest BCUT2D eigenvalue weighted by Crippen LogP contribution is -2.15. The highest BCUT2D eigenvalue weighted by Crippen LogP contribution is 2.34. The summed E-state index contributed by atoms with van der Waals surface area (Å²) < 4.78 is 5.75. The molecular formula is C24H38O3. The van der Waals surface area contributed by atoms with Crippen LogP contribution in [0.5, 0.6) is 5.75 Å². The highest BCUT2D eigenvalue weighted by atomic mass is 16.5. The number of carboxylic acid groups (broad SMARTS) is 1. The van der Waals surface area contributed by atoms with E-state index in [1.54, 1.807) is 24.3 Å². The molecule has 0 atom stereocenters. The summed E-state index contributed by atoms with van der Waals surface area (Å²) in [6.45, 7) is 3.01. The Balaban J connectivity index is 1.49. The molecule has 3 heteroatoms. The number of carbonyl (C=O) groups is 1. The van der Waals surface area contributed by atoms with Crippen LogP contribution in [0.1, 0.15) is 101 Å². The van der Waals surface area contributed by atoms with E-state index in [1.165, 1.54) is 77.0 Å². The summed E-state index contributed by atoms with van der Waals surface area (Å²) >= 11 is 0. The van der Waals surface area contributed by atoms with Crippen molar-refractivity contribution in [3.8, 4) is 5.75 Å². The van der Waals surface area contributed by atoms with Gasteiger partial charge in [-0.1, -0.05) is 77.6 Å². The first-order valence-corrected chi connectivity index (χ1v) is 11.1. The third-order valence-electron chi connectivity index (χ3n) is 6.06. The van der Waals surface area contributed by atoms with E-state index in [2.05, 4.69) is 6.92 Å². The summed E-state index contributed by atoms with van der Waals surface area (Å²) in [6.07, 6.45) is 17.9. The molecule has 1 aliphatic rings. The topological polar surface area (TPSA) is 46.5 Å². The highest BCUT2D eigenvalue weighted by molar-refractivity contribution is 5.87. The van der Waals surface area contributed by atoms with Crippen molar-refractivity contribution in [1.82, 2.24) is 0 Å². The molecule has 0 unspecified atom stereocenters. The van der Waals surface area contributed by atoms with Crippen molar-refractivity contribution >= 4 is 5.97 Å². The zero-order valence-corrected chi connectivity index (χ0v) is 17.1. The Kier molecular flexibility index (Phi) is 10.3. The van der Waals surface area contributed by atoms with Crippen LogP contribution in [0.3, 0.4) is 0 Å². The molecule has 0 heterocycles. The quantitative estimate of drug-likeness (QED) is 0.374. The molecule has 3 nitrogen and oxygen atoms in total. The van der Waals surface area contributed by atoms with Gasteiger partial charge in [0.05, 0.1) is 12.2 Å². The van der Waals surface area contributed by atoms with Gasteiger partial charge in [-0.3, -0.25) is 0 Å². The normalized spacial score (nSPS) is 19.7. The maximum atomic E-state index is 10.8. The van der Waals surface area contributed by atoms with Gasteiger partial charge in [0, 0.05) is 0 Å².